The molecule has 5 aliphatic carbocycles. The average molecular weight is 389 g/mol. The molecular weight excluding hydrogens is 348 g/mol. The highest BCUT2D eigenvalue weighted by Crippen LogP contribution is 2.82. The lowest BCUT2D eigenvalue weighted by atomic mass is 9.44. The van der Waals surface area contributed by atoms with E-state index < -0.39 is 0 Å². The number of hydrogen-bond donors (Lipinski definition) is 0. The van der Waals surface area contributed by atoms with Crippen LogP contribution < -0.4 is 0 Å². The Morgan fingerprint density at radius 2 is 1.93 bits per heavy atom. The zero-order chi connectivity index (χ0) is 19.9. The molecular formula is C25H40O3. The van der Waals surface area contributed by atoms with Crippen molar-refractivity contribution >= 4 is 5.97 Å². The number of carbonyl (C=O) groups is 1. The molecule has 0 aliphatic heterocycles. The molecule has 0 aromatic rings. The number of fused-ring (bicyclic) bond motifs is 4. The molecule has 0 bridgehead atoms. The minimum absolute atomic E-state index is 0.0574. The lowest BCUT2D eigenvalue weighted by molar-refractivity contribution is -0.171. The Kier molecular flexibility index (Phi) is 4.31. The summed E-state index contributed by atoms with van der Waals surface area (Å²) >= 11 is 0. The van der Waals surface area contributed by atoms with Crippen molar-refractivity contribution in [2.45, 2.75) is 97.7 Å². The maximum Gasteiger partial charge on any atom is 0.302 e. The van der Waals surface area contributed by atoms with Crippen molar-refractivity contribution in [2.75, 3.05) is 7.11 Å². The average Bonchev–Trinajstić information content (AvgIpc) is 3.13. The van der Waals surface area contributed by atoms with Crippen LogP contribution in [-0.2, 0) is 14.3 Å². The van der Waals surface area contributed by atoms with Gasteiger partial charge in [0.15, 0.2) is 0 Å². The van der Waals surface area contributed by atoms with Crippen LogP contribution in [0.15, 0.2) is 0 Å². The first-order chi connectivity index (χ1) is 13.3. The summed E-state index contributed by atoms with van der Waals surface area (Å²) in [7, 11) is 1.98. The molecule has 4 unspecified atom stereocenters. The van der Waals surface area contributed by atoms with Crippen molar-refractivity contribution < 1.29 is 14.3 Å². The van der Waals surface area contributed by atoms with Crippen molar-refractivity contribution in [3.63, 3.8) is 0 Å². The van der Waals surface area contributed by atoms with Crippen LogP contribution in [0.1, 0.15) is 85.5 Å². The fraction of sp³-hybridized carbons (Fsp3) is 0.960. The van der Waals surface area contributed by atoms with Gasteiger partial charge >= 0.3 is 5.97 Å². The van der Waals surface area contributed by atoms with Gasteiger partial charge in [-0.1, -0.05) is 13.8 Å². The lowest BCUT2D eigenvalue weighted by Crippen LogP contribution is -2.57. The zero-order valence-corrected chi connectivity index (χ0v) is 18.6. The highest BCUT2D eigenvalue weighted by atomic mass is 16.5. The molecule has 0 aromatic heterocycles. The minimum atomic E-state index is -0.117. The third-order valence-corrected chi connectivity index (χ3v) is 11.2. The van der Waals surface area contributed by atoms with Crippen LogP contribution in [0.5, 0.6) is 0 Å². The Bertz CT molecular complexity index is 660. The molecule has 0 saturated heterocycles. The molecule has 3 heteroatoms. The Morgan fingerprint density at radius 3 is 2.57 bits per heavy atom. The first-order valence-corrected chi connectivity index (χ1v) is 12.0. The Labute approximate surface area is 171 Å². The smallest absolute Gasteiger partial charge is 0.302 e. The predicted molar refractivity (Wildman–Crippen MR) is 110 cm³/mol. The van der Waals surface area contributed by atoms with Gasteiger partial charge in [-0.3, -0.25) is 4.79 Å². The Hall–Kier alpha value is -0.570. The first kappa shape index (κ1) is 19.4. The molecule has 3 nitrogen and oxygen atoms in total. The minimum Gasteiger partial charge on any atom is -0.463 e. The molecule has 0 radical (unpaired) electrons. The van der Waals surface area contributed by atoms with E-state index in [0.29, 0.717) is 28.3 Å². The second-order valence-corrected chi connectivity index (χ2v) is 11.4. The summed E-state index contributed by atoms with van der Waals surface area (Å²) in [4.78, 5) is 11.6. The van der Waals surface area contributed by atoms with E-state index in [2.05, 4.69) is 20.8 Å². The highest BCUT2D eigenvalue weighted by molar-refractivity contribution is 5.66. The van der Waals surface area contributed by atoms with Crippen LogP contribution in [0.3, 0.4) is 0 Å². The van der Waals surface area contributed by atoms with E-state index in [9.17, 15) is 4.79 Å². The van der Waals surface area contributed by atoms with Gasteiger partial charge in [0.2, 0.25) is 0 Å². The Morgan fingerprint density at radius 1 is 1.14 bits per heavy atom. The molecule has 0 heterocycles. The van der Waals surface area contributed by atoms with Crippen molar-refractivity contribution in [3.8, 4) is 0 Å². The number of esters is 1. The number of hydrogen-bond acceptors (Lipinski definition) is 3. The molecule has 158 valence electrons. The summed E-state index contributed by atoms with van der Waals surface area (Å²) in [5.41, 5.74) is 1.38. The van der Waals surface area contributed by atoms with E-state index in [1.807, 2.05) is 7.11 Å². The van der Waals surface area contributed by atoms with E-state index >= 15 is 0 Å². The molecule has 0 aromatic carbocycles. The molecule has 5 rings (SSSR count). The molecule has 0 amide bonds. The van der Waals surface area contributed by atoms with Crippen LogP contribution in [0.4, 0.5) is 0 Å². The molecule has 0 N–H and O–H groups in total. The highest BCUT2D eigenvalue weighted by Gasteiger charge is 2.77. The molecule has 10 atom stereocenters. The topological polar surface area (TPSA) is 35.5 Å². The van der Waals surface area contributed by atoms with Gasteiger partial charge in [0.25, 0.3) is 0 Å². The standard InChI is InChI=1S/C25H40O3/c1-6-24-12-10-20-18(21(24)8-7-19(24)15(2)28-16(3)26)13-22(27-5)25-14-17(25)9-11-23(20,25)4/h15,17-22H,6-14H2,1-5H3/t15?,17-,18-,19-,20?,21?,22-,23-,24-,25?/m1/s1. The quantitative estimate of drug-likeness (QED) is 0.587. The van der Waals surface area contributed by atoms with Gasteiger partial charge in [-0.05, 0) is 99.2 Å². The lowest BCUT2D eigenvalue weighted by Gasteiger charge is -2.61. The SMILES string of the molecule is CC[C@]12CCC3[C@@H](C[C@@H](OC)C45C[C@H]4CC[C@]35C)C1CC[C@@H]2C(C)OC(C)=O. The number of rotatable bonds is 4. The summed E-state index contributed by atoms with van der Waals surface area (Å²) in [6, 6.07) is 0. The summed E-state index contributed by atoms with van der Waals surface area (Å²) in [5.74, 6) is 3.86. The van der Waals surface area contributed by atoms with Gasteiger partial charge in [-0.25, -0.2) is 0 Å². The zero-order valence-electron chi connectivity index (χ0n) is 18.6. The van der Waals surface area contributed by atoms with Gasteiger partial charge in [0.1, 0.15) is 6.10 Å². The summed E-state index contributed by atoms with van der Waals surface area (Å²) in [5, 5.41) is 0. The normalized spacial score (nSPS) is 54.9. The van der Waals surface area contributed by atoms with Crippen molar-refractivity contribution in [1.29, 1.82) is 0 Å². The van der Waals surface area contributed by atoms with Crippen LogP contribution >= 0.6 is 0 Å². The maximum absolute atomic E-state index is 11.6. The largest absolute Gasteiger partial charge is 0.463 e. The van der Waals surface area contributed by atoms with Crippen molar-refractivity contribution in [2.24, 2.45) is 45.8 Å². The Balaban J connectivity index is 1.47. The molecule has 1 spiro atoms. The van der Waals surface area contributed by atoms with Crippen molar-refractivity contribution in [1.82, 2.24) is 0 Å². The van der Waals surface area contributed by atoms with Crippen LogP contribution in [0.25, 0.3) is 0 Å². The predicted octanol–water partition coefficient (Wildman–Crippen LogP) is 5.61. The van der Waals surface area contributed by atoms with E-state index in [0.717, 1.165) is 23.7 Å². The van der Waals surface area contributed by atoms with Gasteiger partial charge < -0.3 is 9.47 Å². The molecule has 5 fully saturated rings. The van der Waals surface area contributed by atoms with Gasteiger partial charge in [0, 0.05) is 25.4 Å². The van der Waals surface area contributed by atoms with Crippen LogP contribution in [0.2, 0.25) is 0 Å². The first-order valence-electron chi connectivity index (χ1n) is 12.0. The fourth-order valence-electron chi connectivity index (χ4n) is 10.2. The van der Waals surface area contributed by atoms with Crippen LogP contribution in [-0.4, -0.2) is 25.3 Å². The van der Waals surface area contributed by atoms with Gasteiger partial charge in [-0.15, -0.1) is 0 Å². The van der Waals surface area contributed by atoms with Crippen molar-refractivity contribution in [3.05, 3.63) is 0 Å². The fourth-order valence-corrected chi connectivity index (χ4v) is 10.2. The second kappa shape index (κ2) is 6.22. The van der Waals surface area contributed by atoms with Gasteiger partial charge in [0.05, 0.1) is 6.10 Å². The van der Waals surface area contributed by atoms with Gasteiger partial charge in [-0.2, -0.15) is 0 Å². The second-order valence-electron chi connectivity index (χ2n) is 11.4. The van der Waals surface area contributed by atoms with E-state index in [1.165, 1.54) is 57.8 Å². The number of methoxy groups -OCH3 is 1. The van der Waals surface area contributed by atoms with E-state index in [-0.39, 0.29) is 12.1 Å². The molecule has 5 aliphatic rings. The summed E-state index contributed by atoms with van der Waals surface area (Å²) < 4.78 is 12.0. The third kappa shape index (κ3) is 2.18. The number of carbonyl (C=O) groups excluding carboxylic acids is 1. The molecule has 28 heavy (non-hydrogen) atoms. The van der Waals surface area contributed by atoms with Crippen LogP contribution in [0, 0.1) is 45.8 Å². The molecule has 5 saturated carbocycles. The number of ether oxygens (including phenoxy) is 2. The summed E-state index contributed by atoms with van der Waals surface area (Å²) in [6.07, 6.45) is 12.7. The maximum atomic E-state index is 11.6. The monoisotopic (exact) mass is 388 g/mol. The van der Waals surface area contributed by atoms with E-state index in [1.54, 1.807) is 6.92 Å². The third-order valence-electron chi connectivity index (χ3n) is 11.2. The summed E-state index contributed by atoms with van der Waals surface area (Å²) in [6.45, 7) is 8.77. The van der Waals surface area contributed by atoms with E-state index in [4.69, 9.17) is 9.47 Å².